The molecule has 4 heteroatoms. The van der Waals surface area contributed by atoms with Gasteiger partial charge >= 0.3 is 0 Å². The Morgan fingerprint density at radius 3 is 2.93 bits per heavy atom. The zero-order valence-corrected chi connectivity index (χ0v) is 10.2. The van der Waals surface area contributed by atoms with E-state index in [1.165, 1.54) is 0 Å². The van der Waals surface area contributed by atoms with E-state index < -0.39 is 0 Å². The zero-order chi connectivity index (χ0) is 10.8. The second-order valence-corrected chi connectivity index (χ2v) is 4.55. The molecule has 1 aliphatic heterocycles. The number of hydrogen-bond donors (Lipinski definition) is 2. The number of halogens is 1. The number of phenols is 1. The van der Waals surface area contributed by atoms with E-state index in [1.807, 2.05) is 6.92 Å². The molecule has 1 heterocycles. The largest absolute Gasteiger partial charge is 0.507 e. The molecule has 0 saturated carbocycles. The fraction of sp³-hybridized carbons (Fsp3) is 0.455. The van der Waals surface area contributed by atoms with Crippen LogP contribution in [0.3, 0.4) is 0 Å². The van der Waals surface area contributed by atoms with E-state index in [4.69, 9.17) is 4.74 Å². The lowest BCUT2D eigenvalue weighted by Gasteiger charge is -2.24. The summed E-state index contributed by atoms with van der Waals surface area (Å²) in [6, 6.07) is 4.04. The molecule has 1 atom stereocenters. The van der Waals surface area contributed by atoms with Crippen molar-refractivity contribution in [2.24, 2.45) is 0 Å². The van der Waals surface area contributed by atoms with E-state index in [1.54, 1.807) is 6.07 Å². The molecule has 2 N–H and O–H groups in total. The maximum Gasteiger partial charge on any atom is 0.130 e. The van der Waals surface area contributed by atoms with Crippen LogP contribution in [0.4, 0.5) is 0 Å². The normalized spacial score (nSPS) is 21.6. The number of rotatable bonds is 1. The first-order chi connectivity index (χ1) is 7.18. The maximum absolute atomic E-state index is 9.70. The number of aryl methyl sites for hydroxylation is 1. The van der Waals surface area contributed by atoms with E-state index in [0.717, 1.165) is 28.8 Å². The van der Waals surface area contributed by atoms with E-state index >= 15 is 0 Å². The van der Waals surface area contributed by atoms with Crippen LogP contribution in [0.1, 0.15) is 17.2 Å². The average molecular weight is 272 g/mol. The lowest BCUT2D eigenvalue weighted by atomic mass is 10.0. The molecule has 1 aliphatic rings. The summed E-state index contributed by atoms with van der Waals surface area (Å²) in [5.41, 5.74) is 2.12. The second kappa shape index (κ2) is 4.51. The van der Waals surface area contributed by atoms with Crippen LogP contribution >= 0.6 is 15.9 Å². The molecule has 3 nitrogen and oxygen atoms in total. The van der Waals surface area contributed by atoms with Crippen molar-refractivity contribution in [2.45, 2.75) is 13.0 Å². The van der Waals surface area contributed by atoms with Gasteiger partial charge in [-0.1, -0.05) is 6.07 Å². The first-order valence-electron chi connectivity index (χ1n) is 4.98. The number of nitrogens with one attached hydrogen (secondary N) is 1. The van der Waals surface area contributed by atoms with Crippen molar-refractivity contribution in [3.05, 3.63) is 27.7 Å². The van der Waals surface area contributed by atoms with Crippen LogP contribution < -0.4 is 5.32 Å². The van der Waals surface area contributed by atoms with Gasteiger partial charge in [-0.15, -0.1) is 0 Å². The predicted octanol–water partition coefficient (Wildman–Crippen LogP) is 2.12. The Morgan fingerprint density at radius 2 is 2.33 bits per heavy atom. The summed E-state index contributed by atoms with van der Waals surface area (Å²) in [7, 11) is 0. The van der Waals surface area contributed by atoms with Gasteiger partial charge in [0, 0.05) is 6.54 Å². The molecular formula is C11H14BrNO2. The third kappa shape index (κ3) is 2.33. The standard InChI is InChI=1S/C11H14BrNO2/c1-7-4-8(5-10(14)11(7)12)9-6-15-3-2-13-9/h4-5,9,13-14H,2-3,6H2,1H3. The fourth-order valence-electron chi connectivity index (χ4n) is 1.76. The smallest absolute Gasteiger partial charge is 0.130 e. The van der Waals surface area contributed by atoms with Crippen LogP contribution in [0.25, 0.3) is 0 Å². The van der Waals surface area contributed by atoms with Crippen LogP contribution in [0.5, 0.6) is 5.75 Å². The van der Waals surface area contributed by atoms with Gasteiger partial charge in [0.1, 0.15) is 5.75 Å². The van der Waals surface area contributed by atoms with Gasteiger partial charge in [0.15, 0.2) is 0 Å². The highest BCUT2D eigenvalue weighted by molar-refractivity contribution is 9.10. The minimum atomic E-state index is 0.191. The first kappa shape index (κ1) is 10.9. The highest BCUT2D eigenvalue weighted by atomic mass is 79.9. The summed E-state index contributed by atoms with van der Waals surface area (Å²) in [5, 5.41) is 13.1. The van der Waals surface area contributed by atoms with Gasteiger partial charge in [-0.3, -0.25) is 0 Å². The van der Waals surface area contributed by atoms with Crippen molar-refractivity contribution in [2.75, 3.05) is 19.8 Å². The molecule has 0 spiro atoms. The molecule has 82 valence electrons. The van der Waals surface area contributed by atoms with Crippen LogP contribution in [0, 0.1) is 6.92 Å². The van der Waals surface area contributed by atoms with Gasteiger partial charge < -0.3 is 15.2 Å². The van der Waals surface area contributed by atoms with Gasteiger partial charge in [-0.25, -0.2) is 0 Å². The van der Waals surface area contributed by atoms with E-state index in [0.29, 0.717) is 6.61 Å². The minimum Gasteiger partial charge on any atom is -0.507 e. The van der Waals surface area contributed by atoms with Crippen LogP contribution in [0.2, 0.25) is 0 Å². The van der Waals surface area contributed by atoms with E-state index in [2.05, 4.69) is 27.3 Å². The summed E-state index contributed by atoms with van der Waals surface area (Å²) >= 11 is 3.34. The summed E-state index contributed by atoms with van der Waals surface area (Å²) in [5.74, 6) is 0.289. The van der Waals surface area contributed by atoms with Gasteiger partial charge in [0.2, 0.25) is 0 Å². The monoisotopic (exact) mass is 271 g/mol. The quantitative estimate of drug-likeness (QED) is 0.822. The van der Waals surface area contributed by atoms with Crippen LogP contribution in [0.15, 0.2) is 16.6 Å². The number of benzene rings is 1. The average Bonchev–Trinajstić information content (AvgIpc) is 2.26. The molecular weight excluding hydrogens is 258 g/mol. The molecule has 0 amide bonds. The summed E-state index contributed by atoms with van der Waals surface area (Å²) in [6.45, 7) is 4.26. The molecule has 0 aromatic heterocycles. The van der Waals surface area contributed by atoms with E-state index in [-0.39, 0.29) is 11.8 Å². The fourth-order valence-corrected chi connectivity index (χ4v) is 1.99. The molecule has 1 aromatic carbocycles. The summed E-state index contributed by atoms with van der Waals surface area (Å²) < 4.78 is 6.16. The third-order valence-electron chi connectivity index (χ3n) is 2.58. The molecule has 1 fully saturated rings. The Labute approximate surface area is 97.6 Å². The van der Waals surface area contributed by atoms with Crippen molar-refractivity contribution < 1.29 is 9.84 Å². The molecule has 1 unspecified atom stereocenters. The number of ether oxygens (including phenoxy) is 1. The van der Waals surface area contributed by atoms with Crippen molar-refractivity contribution in [3.63, 3.8) is 0 Å². The molecule has 0 radical (unpaired) electrons. The molecule has 1 aromatic rings. The summed E-state index contributed by atoms with van der Waals surface area (Å²) in [4.78, 5) is 0. The molecule has 2 rings (SSSR count). The van der Waals surface area contributed by atoms with Crippen molar-refractivity contribution in [1.29, 1.82) is 0 Å². The minimum absolute atomic E-state index is 0.191. The SMILES string of the molecule is Cc1cc(C2COCCN2)cc(O)c1Br. The van der Waals surface area contributed by atoms with Gasteiger partial charge in [-0.2, -0.15) is 0 Å². The molecule has 1 saturated heterocycles. The van der Waals surface area contributed by atoms with Gasteiger partial charge in [0.25, 0.3) is 0 Å². The molecule has 15 heavy (non-hydrogen) atoms. The number of aromatic hydroxyl groups is 1. The van der Waals surface area contributed by atoms with E-state index in [9.17, 15) is 5.11 Å². The van der Waals surface area contributed by atoms with Crippen molar-refractivity contribution >= 4 is 15.9 Å². The lowest BCUT2D eigenvalue weighted by Crippen LogP contribution is -2.34. The van der Waals surface area contributed by atoms with Gasteiger partial charge in [0.05, 0.1) is 23.7 Å². The number of hydrogen-bond acceptors (Lipinski definition) is 3. The highest BCUT2D eigenvalue weighted by Crippen LogP contribution is 2.31. The van der Waals surface area contributed by atoms with Crippen LogP contribution in [-0.4, -0.2) is 24.9 Å². The third-order valence-corrected chi connectivity index (χ3v) is 3.61. The maximum atomic E-state index is 9.70. The topological polar surface area (TPSA) is 41.5 Å². The van der Waals surface area contributed by atoms with Crippen molar-refractivity contribution in [3.8, 4) is 5.75 Å². The Balaban J connectivity index is 2.27. The lowest BCUT2D eigenvalue weighted by molar-refractivity contribution is 0.0768. The Morgan fingerprint density at radius 1 is 1.53 bits per heavy atom. The zero-order valence-electron chi connectivity index (χ0n) is 8.59. The highest BCUT2D eigenvalue weighted by Gasteiger charge is 2.17. The molecule has 0 aliphatic carbocycles. The molecule has 0 bridgehead atoms. The summed E-state index contributed by atoms with van der Waals surface area (Å²) in [6.07, 6.45) is 0. The second-order valence-electron chi connectivity index (χ2n) is 3.75. The van der Waals surface area contributed by atoms with Crippen molar-refractivity contribution in [1.82, 2.24) is 5.32 Å². The number of phenolic OH excluding ortho intramolecular Hbond substituents is 1. The Hall–Kier alpha value is -0.580. The van der Waals surface area contributed by atoms with Gasteiger partial charge in [-0.05, 0) is 40.0 Å². The van der Waals surface area contributed by atoms with Crippen LogP contribution in [-0.2, 0) is 4.74 Å². The first-order valence-corrected chi connectivity index (χ1v) is 5.78. The Bertz CT molecular complexity index is 339. The Kier molecular flexibility index (Phi) is 3.29. The number of morpholine rings is 1. The predicted molar refractivity (Wildman–Crippen MR) is 62.1 cm³/mol.